The normalized spacial score (nSPS) is 18.3. The number of nitrogens with one attached hydrogen (secondary N) is 2. The molecule has 2 rings (SSSR count). The summed E-state index contributed by atoms with van der Waals surface area (Å²) in [7, 11) is 1.51. The van der Waals surface area contributed by atoms with E-state index in [1.807, 2.05) is 41.5 Å². The number of hydrogen-bond donors (Lipinski definition) is 2. The summed E-state index contributed by atoms with van der Waals surface area (Å²) in [4.78, 5) is 40.1. The van der Waals surface area contributed by atoms with Crippen LogP contribution in [0, 0.1) is 11.8 Å². The fourth-order valence-electron chi connectivity index (χ4n) is 3.93. The Bertz CT molecular complexity index is 834. The van der Waals surface area contributed by atoms with E-state index in [0.717, 1.165) is 12.8 Å². The highest BCUT2D eigenvalue weighted by Gasteiger charge is 2.33. The summed E-state index contributed by atoms with van der Waals surface area (Å²) in [5.41, 5.74) is -0.166. The highest BCUT2D eigenvalue weighted by Crippen LogP contribution is 2.22. The SMILES string of the molecule is COc1ccccc1C(=O)N[C@H](C(=O)N[C@@H](C)[C@H]1CCCN(C(=O)OC(C)(C)C)C1)C(C)C. The van der Waals surface area contributed by atoms with Gasteiger partial charge >= 0.3 is 6.09 Å². The van der Waals surface area contributed by atoms with Crippen molar-refractivity contribution in [3.8, 4) is 5.75 Å². The molecule has 184 valence electrons. The Labute approximate surface area is 197 Å². The summed E-state index contributed by atoms with van der Waals surface area (Å²) in [6, 6.07) is 6.06. The van der Waals surface area contributed by atoms with E-state index in [-0.39, 0.29) is 35.8 Å². The van der Waals surface area contributed by atoms with Crippen LogP contribution in [0.3, 0.4) is 0 Å². The third kappa shape index (κ3) is 7.65. The first kappa shape index (κ1) is 26.5. The average molecular weight is 462 g/mol. The number of rotatable bonds is 7. The van der Waals surface area contributed by atoms with Gasteiger partial charge in [0.1, 0.15) is 17.4 Å². The van der Waals surface area contributed by atoms with Crippen LogP contribution in [-0.4, -0.2) is 60.7 Å². The topological polar surface area (TPSA) is 97.0 Å². The molecule has 8 heteroatoms. The molecule has 1 aliphatic rings. The molecule has 0 spiro atoms. The molecular formula is C25H39N3O5. The Morgan fingerprint density at radius 3 is 2.36 bits per heavy atom. The molecule has 1 aliphatic heterocycles. The number of methoxy groups -OCH3 is 1. The van der Waals surface area contributed by atoms with Crippen LogP contribution in [0.1, 0.15) is 64.7 Å². The molecule has 1 fully saturated rings. The molecule has 0 aromatic heterocycles. The van der Waals surface area contributed by atoms with Crippen molar-refractivity contribution in [3.63, 3.8) is 0 Å². The van der Waals surface area contributed by atoms with Crippen molar-refractivity contribution >= 4 is 17.9 Å². The zero-order chi connectivity index (χ0) is 24.8. The van der Waals surface area contributed by atoms with Gasteiger partial charge in [0.25, 0.3) is 5.91 Å². The first-order valence-corrected chi connectivity index (χ1v) is 11.6. The number of ether oxygens (including phenoxy) is 2. The first-order chi connectivity index (χ1) is 15.4. The smallest absolute Gasteiger partial charge is 0.410 e. The maximum absolute atomic E-state index is 13.1. The van der Waals surface area contributed by atoms with Gasteiger partial charge in [-0.05, 0) is 64.5 Å². The van der Waals surface area contributed by atoms with Crippen LogP contribution in [0.4, 0.5) is 4.79 Å². The quantitative estimate of drug-likeness (QED) is 0.647. The molecule has 0 saturated carbocycles. The minimum Gasteiger partial charge on any atom is -0.496 e. The minimum absolute atomic E-state index is 0.105. The largest absolute Gasteiger partial charge is 0.496 e. The number of para-hydroxylation sites is 1. The van der Waals surface area contributed by atoms with E-state index in [9.17, 15) is 14.4 Å². The fraction of sp³-hybridized carbons (Fsp3) is 0.640. The van der Waals surface area contributed by atoms with Crippen LogP contribution < -0.4 is 15.4 Å². The number of carbonyl (C=O) groups excluding carboxylic acids is 3. The van der Waals surface area contributed by atoms with Gasteiger partial charge in [-0.1, -0.05) is 26.0 Å². The molecule has 0 radical (unpaired) electrons. The second-order valence-corrected chi connectivity index (χ2v) is 10.0. The lowest BCUT2D eigenvalue weighted by atomic mass is 9.91. The van der Waals surface area contributed by atoms with Gasteiger partial charge in [0, 0.05) is 19.1 Å². The van der Waals surface area contributed by atoms with Gasteiger partial charge in [-0.25, -0.2) is 4.79 Å². The Morgan fingerprint density at radius 1 is 1.09 bits per heavy atom. The lowest BCUT2D eigenvalue weighted by molar-refractivity contribution is -0.125. The molecule has 3 atom stereocenters. The highest BCUT2D eigenvalue weighted by molar-refractivity contribution is 5.99. The summed E-state index contributed by atoms with van der Waals surface area (Å²) < 4.78 is 10.8. The Hall–Kier alpha value is -2.77. The van der Waals surface area contributed by atoms with Crippen molar-refractivity contribution < 1.29 is 23.9 Å². The summed E-state index contributed by atoms with van der Waals surface area (Å²) in [5.74, 6) is -0.151. The Balaban J connectivity index is 2.01. The van der Waals surface area contributed by atoms with Crippen LogP contribution in [0.2, 0.25) is 0 Å². The second-order valence-electron chi connectivity index (χ2n) is 10.0. The van der Waals surface area contributed by atoms with Gasteiger partial charge < -0.3 is 25.0 Å². The van der Waals surface area contributed by atoms with Gasteiger partial charge in [0.15, 0.2) is 0 Å². The molecule has 0 unspecified atom stereocenters. The van der Waals surface area contributed by atoms with E-state index in [1.165, 1.54) is 7.11 Å². The zero-order valence-electron chi connectivity index (χ0n) is 20.9. The van der Waals surface area contributed by atoms with Crippen molar-refractivity contribution in [2.24, 2.45) is 11.8 Å². The van der Waals surface area contributed by atoms with Crippen molar-refractivity contribution in [2.75, 3.05) is 20.2 Å². The van der Waals surface area contributed by atoms with Crippen molar-refractivity contribution in [2.45, 2.75) is 72.1 Å². The summed E-state index contributed by atoms with van der Waals surface area (Å²) in [6.07, 6.45) is 1.43. The minimum atomic E-state index is -0.699. The molecule has 2 N–H and O–H groups in total. The predicted octanol–water partition coefficient (Wildman–Crippen LogP) is 3.60. The summed E-state index contributed by atoms with van der Waals surface area (Å²) in [5, 5.41) is 5.91. The molecule has 1 aromatic carbocycles. The van der Waals surface area contributed by atoms with Gasteiger partial charge in [-0.3, -0.25) is 9.59 Å². The molecule has 1 heterocycles. The number of carbonyl (C=O) groups is 3. The monoisotopic (exact) mass is 461 g/mol. The van der Waals surface area contributed by atoms with Crippen molar-refractivity contribution in [1.29, 1.82) is 0 Å². The van der Waals surface area contributed by atoms with E-state index >= 15 is 0 Å². The zero-order valence-corrected chi connectivity index (χ0v) is 20.9. The highest BCUT2D eigenvalue weighted by atomic mass is 16.6. The third-order valence-corrected chi connectivity index (χ3v) is 5.77. The van der Waals surface area contributed by atoms with E-state index in [4.69, 9.17) is 9.47 Å². The summed E-state index contributed by atoms with van der Waals surface area (Å²) in [6.45, 7) is 12.4. The van der Waals surface area contributed by atoms with Gasteiger partial charge in [-0.15, -0.1) is 0 Å². The van der Waals surface area contributed by atoms with Crippen LogP contribution >= 0.6 is 0 Å². The lowest BCUT2D eigenvalue weighted by Gasteiger charge is -2.37. The van der Waals surface area contributed by atoms with Gasteiger partial charge in [-0.2, -0.15) is 0 Å². The Kier molecular flexibility index (Phi) is 9.14. The third-order valence-electron chi connectivity index (χ3n) is 5.77. The van der Waals surface area contributed by atoms with Crippen LogP contribution in [0.5, 0.6) is 5.75 Å². The van der Waals surface area contributed by atoms with Gasteiger partial charge in [0.05, 0.1) is 12.7 Å². The lowest BCUT2D eigenvalue weighted by Crippen LogP contribution is -2.54. The maximum atomic E-state index is 13.1. The number of amides is 3. The van der Waals surface area contributed by atoms with Crippen LogP contribution in [0.25, 0.3) is 0 Å². The Morgan fingerprint density at radius 2 is 1.76 bits per heavy atom. The molecule has 33 heavy (non-hydrogen) atoms. The fourth-order valence-corrected chi connectivity index (χ4v) is 3.93. The van der Waals surface area contributed by atoms with E-state index in [1.54, 1.807) is 29.2 Å². The number of hydrogen-bond acceptors (Lipinski definition) is 5. The number of likely N-dealkylation sites (tertiary alicyclic amines) is 1. The van der Waals surface area contributed by atoms with Crippen molar-refractivity contribution in [3.05, 3.63) is 29.8 Å². The maximum Gasteiger partial charge on any atom is 0.410 e. The molecular weight excluding hydrogens is 422 g/mol. The number of nitrogens with zero attached hydrogens (tertiary/aromatic N) is 1. The van der Waals surface area contributed by atoms with Gasteiger partial charge in [0.2, 0.25) is 5.91 Å². The molecule has 3 amide bonds. The molecule has 8 nitrogen and oxygen atoms in total. The molecule has 1 aromatic rings. The molecule has 0 bridgehead atoms. The van der Waals surface area contributed by atoms with E-state index in [0.29, 0.717) is 24.4 Å². The first-order valence-electron chi connectivity index (χ1n) is 11.6. The number of piperidine rings is 1. The van der Waals surface area contributed by atoms with Crippen LogP contribution in [-0.2, 0) is 9.53 Å². The summed E-state index contributed by atoms with van der Waals surface area (Å²) >= 11 is 0. The second kappa shape index (κ2) is 11.4. The van der Waals surface area contributed by atoms with E-state index in [2.05, 4.69) is 10.6 Å². The van der Waals surface area contributed by atoms with E-state index < -0.39 is 11.6 Å². The van der Waals surface area contributed by atoms with Crippen molar-refractivity contribution in [1.82, 2.24) is 15.5 Å². The number of benzene rings is 1. The van der Waals surface area contributed by atoms with Crippen LogP contribution in [0.15, 0.2) is 24.3 Å². The standard InChI is InChI=1S/C25H39N3O5/c1-16(2)21(27-22(29)19-12-8-9-13-20(19)32-7)23(30)26-17(3)18-11-10-14-28(15-18)24(31)33-25(4,5)6/h8-9,12-13,16-18,21H,10-11,14-15H2,1-7H3,(H,26,30)(H,27,29)/t17-,18-,21-/m0/s1. The molecule has 0 aliphatic carbocycles. The average Bonchev–Trinajstić information content (AvgIpc) is 2.75. The molecule has 1 saturated heterocycles. The predicted molar refractivity (Wildman–Crippen MR) is 127 cm³/mol.